The number of nitrogens with zero attached hydrogens (tertiary/aromatic N) is 1. The number of ether oxygens (including phenoxy) is 3. The first-order valence-corrected chi connectivity index (χ1v) is 9.54. The van der Waals surface area contributed by atoms with Crippen LogP contribution in [0.15, 0.2) is 39.9 Å². The molecule has 0 aliphatic rings. The molecule has 0 saturated carbocycles. The molecule has 0 radical (unpaired) electrons. The van der Waals surface area contributed by atoms with Crippen molar-refractivity contribution in [1.29, 1.82) is 0 Å². The fourth-order valence-electron chi connectivity index (χ4n) is 2.13. The maximum absolute atomic E-state index is 12.2. The van der Waals surface area contributed by atoms with Crippen LogP contribution in [0.3, 0.4) is 0 Å². The molecular weight excluding hydrogens is 515 g/mol. The van der Waals surface area contributed by atoms with E-state index in [2.05, 4.69) is 49.0 Å². The van der Waals surface area contributed by atoms with Gasteiger partial charge in [0, 0.05) is 5.56 Å². The molecule has 138 valence electrons. The summed E-state index contributed by atoms with van der Waals surface area (Å²) in [7, 11) is 3.13. The molecule has 0 aromatic heterocycles. The van der Waals surface area contributed by atoms with Gasteiger partial charge < -0.3 is 14.2 Å². The minimum atomic E-state index is -0.326. The van der Waals surface area contributed by atoms with Gasteiger partial charge in [0.25, 0.3) is 5.91 Å². The number of benzene rings is 2. The highest BCUT2D eigenvalue weighted by molar-refractivity contribution is 14.1. The summed E-state index contributed by atoms with van der Waals surface area (Å²) in [5.74, 6) is 1.52. The molecule has 0 heterocycles. The standard InChI is InChI=1S/C18H18BrIN2O4/c1-4-26-17-13(19)7-11(8-16(17)25-3)10-21-22-18(23)12-5-6-14(20)15(9-12)24-2/h5-10H,4H2,1-3H3,(H,22,23)/b21-10-. The summed E-state index contributed by atoms with van der Waals surface area (Å²) in [4.78, 5) is 12.2. The third kappa shape index (κ3) is 5.10. The van der Waals surface area contributed by atoms with E-state index in [4.69, 9.17) is 14.2 Å². The largest absolute Gasteiger partial charge is 0.496 e. The number of carbonyl (C=O) groups excluding carboxylic acids is 1. The van der Waals surface area contributed by atoms with E-state index in [1.165, 1.54) is 6.21 Å². The average molecular weight is 533 g/mol. The maximum Gasteiger partial charge on any atom is 0.271 e. The Morgan fingerprint density at radius 2 is 1.96 bits per heavy atom. The minimum Gasteiger partial charge on any atom is -0.496 e. The van der Waals surface area contributed by atoms with Crippen molar-refractivity contribution >= 4 is 50.6 Å². The Morgan fingerprint density at radius 1 is 1.23 bits per heavy atom. The Kier molecular flexibility index (Phi) is 7.70. The van der Waals surface area contributed by atoms with E-state index >= 15 is 0 Å². The van der Waals surface area contributed by atoms with Crippen molar-refractivity contribution in [3.8, 4) is 17.2 Å². The van der Waals surface area contributed by atoms with E-state index in [0.717, 1.165) is 13.6 Å². The number of rotatable bonds is 7. The molecule has 0 saturated heterocycles. The number of halogens is 2. The highest BCUT2D eigenvalue weighted by atomic mass is 127. The van der Waals surface area contributed by atoms with Crippen molar-refractivity contribution < 1.29 is 19.0 Å². The number of amides is 1. The summed E-state index contributed by atoms with van der Waals surface area (Å²) in [6.07, 6.45) is 1.53. The van der Waals surface area contributed by atoms with Gasteiger partial charge in [-0.3, -0.25) is 4.79 Å². The van der Waals surface area contributed by atoms with Crippen molar-refractivity contribution in [2.45, 2.75) is 6.92 Å². The van der Waals surface area contributed by atoms with Crippen LogP contribution < -0.4 is 19.6 Å². The van der Waals surface area contributed by atoms with Gasteiger partial charge in [-0.15, -0.1) is 0 Å². The van der Waals surface area contributed by atoms with E-state index in [0.29, 0.717) is 29.4 Å². The predicted octanol–water partition coefficient (Wildman–Crippen LogP) is 4.23. The van der Waals surface area contributed by atoms with Crippen molar-refractivity contribution in [3.05, 3.63) is 49.5 Å². The van der Waals surface area contributed by atoms with Crippen LogP contribution in [0.5, 0.6) is 17.2 Å². The molecule has 0 fully saturated rings. The summed E-state index contributed by atoms with van der Waals surface area (Å²) in [5, 5.41) is 4.00. The number of hydrogen-bond acceptors (Lipinski definition) is 5. The van der Waals surface area contributed by atoms with Crippen LogP contribution in [-0.4, -0.2) is 32.9 Å². The highest BCUT2D eigenvalue weighted by Gasteiger charge is 2.11. The number of carbonyl (C=O) groups is 1. The normalized spacial score (nSPS) is 10.7. The van der Waals surface area contributed by atoms with Crippen LogP contribution in [0.2, 0.25) is 0 Å². The second kappa shape index (κ2) is 9.77. The van der Waals surface area contributed by atoms with Crippen LogP contribution in [0.1, 0.15) is 22.8 Å². The smallest absolute Gasteiger partial charge is 0.271 e. The zero-order valence-electron chi connectivity index (χ0n) is 14.5. The molecule has 0 aliphatic heterocycles. The van der Waals surface area contributed by atoms with Gasteiger partial charge in [-0.1, -0.05) is 0 Å². The van der Waals surface area contributed by atoms with E-state index in [1.807, 2.05) is 19.1 Å². The minimum absolute atomic E-state index is 0.326. The van der Waals surface area contributed by atoms with E-state index in [-0.39, 0.29) is 5.91 Å². The molecule has 8 heteroatoms. The van der Waals surface area contributed by atoms with Crippen molar-refractivity contribution in [3.63, 3.8) is 0 Å². The lowest BCUT2D eigenvalue weighted by Crippen LogP contribution is -2.17. The lowest BCUT2D eigenvalue weighted by Gasteiger charge is -2.12. The van der Waals surface area contributed by atoms with Gasteiger partial charge in [0.1, 0.15) is 5.75 Å². The molecular formula is C18H18BrIN2O4. The molecule has 1 amide bonds. The van der Waals surface area contributed by atoms with Gasteiger partial charge in [0.2, 0.25) is 0 Å². The topological polar surface area (TPSA) is 69.2 Å². The molecule has 0 atom stereocenters. The first-order valence-electron chi connectivity index (χ1n) is 7.67. The number of hydrazone groups is 1. The quantitative estimate of drug-likeness (QED) is 0.329. The SMILES string of the molecule is CCOc1c(Br)cc(/C=N\NC(=O)c2ccc(I)c(OC)c2)cc1OC. The Bertz CT molecular complexity index is 827. The summed E-state index contributed by atoms with van der Waals surface area (Å²) in [6.45, 7) is 2.42. The summed E-state index contributed by atoms with van der Waals surface area (Å²) >= 11 is 5.59. The molecule has 0 bridgehead atoms. The number of methoxy groups -OCH3 is 2. The molecule has 2 aromatic carbocycles. The lowest BCUT2D eigenvalue weighted by atomic mass is 10.2. The number of hydrogen-bond donors (Lipinski definition) is 1. The first kappa shape index (κ1) is 20.5. The first-order chi connectivity index (χ1) is 12.5. The molecule has 0 spiro atoms. The van der Waals surface area contributed by atoms with Crippen LogP contribution in [0.4, 0.5) is 0 Å². The third-order valence-corrected chi connectivity index (χ3v) is 4.81. The van der Waals surface area contributed by atoms with Gasteiger partial charge in [-0.25, -0.2) is 5.43 Å². The van der Waals surface area contributed by atoms with Gasteiger partial charge in [-0.2, -0.15) is 5.10 Å². The molecule has 1 N–H and O–H groups in total. The molecule has 0 aliphatic carbocycles. The monoisotopic (exact) mass is 532 g/mol. The predicted molar refractivity (Wildman–Crippen MR) is 113 cm³/mol. The molecule has 6 nitrogen and oxygen atoms in total. The van der Waals surface area contributed by atoms with E-state index in [1.54, 1.807) is 32.4 Å². The fraction of sp³-hybridized carbons (Fsp3) is 0.222. The van der Waals surface area contributed by atoms with Crippen LogP contribution in [-0.2, 0) is 0 Å². The molecule has 26 heavy (non-hydrogen) atoms. The Morgan fingerprint density at radius 3 is 2.62 bits per heavy atom. The molecule has 2 aromatic rings. The maximum atomic E-state index is 12.2. The Balaban J connectivity index is 2.13. The van der Waals surface area contributed by atoms with Gasteiger partial charge in [-0.05, 0) is 81.3 Å². The lowest BCUT2D eigenvalue weighted by molar-refractivity contribution is 0.0954. The Hall–Kier alpha value is -1.81. The van der Waals surface area contributed by atoms with E-state index in [9.17, 15) is 4.79 Å². The second-order valence-corrected chi connectivity index (χ2v) is 7.03. The third-order valence-electron chi connectivity index (χ3n) is 3.33. The van der Waals surface area contributed by atoms with Crippen molar-refractivity contribution in [1.82, 2.24) is 5.43 Å². The van der Waals surface area contributed by atoms with Crippen LogP contribution in [0.25, 0.3) is 0 Å². The zero-order chi connectivity index (χ0) is 19.1. The van der Waals surface area contributed by atoms with Gasteiger partial charge in [0.15, 0.2) is 11.5 Å². The highest BCUT2D eigenvalue weighted by Crippen LogP contribution is 2.36. The summed E-state index contributed by atoms with van der Waals surface area (Å²) in [5.41, 5.74) is 3.71. The van der Waals surface area contributed by atoms with Crippen molar-refractivity contribution in [2.75, 3.05) is 20.8 Å². The average Bonchev–Trinajstić information content (AvgIpc) is 2.63. The second-order valence-electron chi connectivity index (χ2n) is 5.02. The van der Waals surface area contributed by atoms with E-state index < -0.39 is 0 Å². The Labute approximate surface area is 174 Å². The zero-order valence-corrected chi connectivity index (χ0v) is 18.3. The molecule has 0 unspecified atom stereocenters. The summed E-state index contributed by atoms with van der Waals surface area (Å²) < 4.78 is 17.8. The molecule has 2 rings (SSSR count). The van der Waals surface area contributed by atoms with Crippen LogP contribution in [0, 0.1) is 3.57 Å². The summed E-state index contributed by atoms with van der Waals surface area (Å²) in [6, 6.07) is 8.80. The van der Waals surface area contributed by atoms with Gasteiger partial charge >= 0.3 is 0 Å². The van der Waals surface area contributed by atoms with Gasteiger partial charge in [0.05, 0.1) is 35.1 Å². The fourth-order valence-corrected chi connectivity index (χ4v) is 3.26. The number of nitrogens with one attached hydrogen (secondary N) is 1. The van der Waals surface area contributed by atoms with Crippen molar-refractivity contribution in [2.24, 2.45) is 5.10 Å². The van der Waals surface area contributed by atoms with Crippen LogP contribution >= 0.6 is 38.5 Å².